The number of fused-ring (bicyclic) bond motifs is 1. The smallest absolute Gasteiger partial charge is 0.224 e. The van der Waals surface area contributed by atoms with E-state index in [1.165, 1.54) is 11.8 Å². The van der Waals surface area contributed by atoms with E-state index in [1.807, 2.05) is 29.2 Å². The van der Waals surface area contributed by atoms with Crippen molar-refractivity contribution in [2.75, 3.05) is 13.1 Å². The number of hydrogen-bond acceptors (Lipinski definition) is 3. The molecule has 0 unspecified atom stereocenters. The first kappa shape index (κ1) is 19.4. The number of likely N-dealkylation sites (tertiary alicyclic amines) is 1. The Balaban J connectivity index is 1.35. The van der Waals surface area contributed by atoms with E-state index in [1.54, 1.807) is 10.7 Å². The third-order valence-corrected chi connectivity index (χ3v) is 6.07. The van der Waals surface area contributed by atoms with Gasteiger partial charge in [-0.25, -0.2) is 0 Å². The molecule has 1 aromatic heterocycles. The Labute approximate surface area is 171 Å². The minimum atomic E-state index is -0.0862. The summed E-state index contributed by atoms with van der Waals surface area (Å²) < 4.78 is 1.76. The van der Waals surface area contributed by atoms with Crippen LogP contribution in [-0.4, -0.2) is 33.7 Å². The molecule has 5 heteroatoms. The van der Waals surface area contributed by atoms with E-state index in [0.29, 0.717) is 18.4 Å². The van der Waals surface area contributed by atoms with Crippen molar-refractivity contribution in [1.29, 1.82) is 0 Å². The average molecular weight is 389 g/mol. The van der Waals surface area contributed by atoms with Crippen LogP contribution in [-0.2, 0) is 17.8 Å². The van der Waals surface area contributed by atoms with E-state index in [0.717, 1.165) is 37.9 Å². The highest BCUT2D eigenvalue weighted by atomic mass is 16.2. The molecule has 4 rings (SSSR count). The fourth-order valence-corrected chi connectivity index (χ4v) is 4.23. The van der Waals surface area contributed by atoms with Crippen molar-refractivity contribution in [2.45, 2.75) is 39.2 Å². The van der Waals surface area contributed by atoms with Crippen LogP contribution >= 0.6 is 0 Å². The van der Waals surface area contributed by atoms with Gasteiger partial charge in [-0.05, 0) is 42.4 Å². The van der Waals surface area contributed by atoms with E-state index in [2.05, 4.69) is 36.3 Å². The lowest BCUT2D eigenvalue weighted by Crippen LogP contribution is -2.32. The number of carbonyl (C=O) groups excluding carboxylic acids is 1. The molecule has 29 heavy (non-hydrogen) atoms. The molecule has 0 aliphatic carbocycles. The van der Waals surface area contributed by atoms with Crippen LogP contribution in [0.5, 0.6) is 0 Å². The second-order valence-corrected chi connectivity index (χ2v) is 8.36. The second kappa shape index (κ2) is 8.19. The summed E-state index contributed by atoms with van der Waals surface area (Å²) in [7, 11) is 0. The van der Waals surface area contributed by atoms with Crippen LogP contribution in [0.1, 0.15) is 31.7 Å². The molecular weight excluding hydrogens is 362 g/mol. The zero-order chi connectivity index (χ0) is 20.3. The van der Waals surface area contributed by atoms with Crippen molar-refractivity contribution >= 4 is 16.8 Å². The summed E-state index contributed by atoms with van der Waals surface area (Å²) >= 11 is 0. The molecule has 1 amide bonds. The number of para-hydroxylation sites is 1. The van der Waals surface area contributed by atoms with Crippen molar-refractivity contribution in [3.63, 3.8) is 0 Å². The molecule has 2 heterocycles. The number of carbonyl (C=O) groups is 1. The second-order valence-electron chi connectivity index (χ2n) is 8.36. The topological polar surface area (TPSA) is 55.2 Å². The highest BCUT2D eigenvalue weighted by molar-refractivity contribution is 5.79. The molecule has 0 spiro atoms. The van der Waals surface area contributed by atoms with Gasteiger partial charge in [-0.15, -0.1) is 0 Å². The normalized spacial score (nSPS) is 19.0. The van der Waals surface area contributed by atoms with Gasteiger partial charge in [0.2, 0.25) is 11.3 Å². The van der Waals surface area contributed by atoms with Crippen molar-refractivity contribution in [3.8, 4) is 0 Å². The van der Waals surface area contributed by atoms with Crippen LogP contribution in [0, 0.1) is 5.41 Å². The molecule has 0 radical (unpaired) electrons. The number of nitrogens with zero attached hydrogens (tertiary/aromatic N) is 3. The minimum absolute atomic E-state index is 0.0862. The van der Waals surface area contributed by atoms with Crippen LogP contribution in [0.4, 0.5) is 0 Å². The van der Waals surface area contributed by atoms with Crippen LogP contribution in [0.2, 0.25) is 0 Å². The molecule has 1 fully saturated rings. The maximum Gasteiger partial charge on any atom is 0.224 e. The van der Waals surface area contributed by atoms with Gasteiger partial charge in [0.15, 0.2) is 0 Å². The lowest BCUT2D eigenvalue weighted by molar-refractivity contribution is -0.130. The highest BCUT2D eigenvalue weighted by Crippen LogP contribution is 2.35. The predicted molar refractivity (Wildman–Crippen MR) is 115 cm³/mol. The van der Waals surface area contributed by atoms with Gasteiger partial charge < -0.3 is 4.90 Å². The predicted octanol–water partition coefficient (Wildman–Crippen LogP) is 3.66. The molecule has 1 aliphatic heterocycles. The lowest BCUT2D eigenvalue weighted by atomic mass is 9.83. The van der Waals surface area contributed by atoms with E-state index in [9.17, 15) is 9.59 Å². The molecule has 150 valence electrons. The van der Waals surface area contributed by atoms with Gasteiger partial charge in [0, 0.05) is 24.9 Å². The van der Waals surface area contributed by atoms with Crippen molar-refractivity contribution in [2.24, 2.45) is 5.41 Å². The first-order valence-electron chi connectivity index (χ1n) is 10.3. The summed E-state index contributed by atoms with van der Waals surface area (Å²) in [4.78, 5) is 26.8. The maximum absolute atomic E-state index is 12.8. The van der Waals surface area contributed by atoms with Crippen LogP contribution < -0.4 is 5.43 Å². The molecular formula is C24H27N3O2. The largest absolute Gasteiger partial charge is 0.342 e. The van der Waals surface area contributed by atoms with E-state index in [4.69, 9.17) is 0 Å². The lowest BCUT2D eigenvalue weighted by Gasteiger charge is -2.25. The van der Waals surface area contributed by atoms with E-state index < -0.39 is 0 Å². The monoisotopic (exact) mass is 389 g/mol. The van der Waals surface area contributed by atoms with Crippen LogP contribution in [0.3, 0.4) is 0 Å². The number of aromatic nitrogens is 2. The third kappa shape index (κ3) is 4.39. The zero-order valence-corrected chi connectivity index (χ0v) is 16.9. The van der Waals surface area contributed by atoms with Crippen molar-refractivity contribution in [3.05, 3.63) is 76.6 Å². The molecule has 0 bridgehead atoms. The number of rotatable bonds is 6. The molecule has 0 N–H and O–H groups in total. The van der Waals surface area contributed by atoms with Crippen molar-refractivity contribution in [1.82, 2.24) is 14.7 Å². The molecule has 1 atom stereocenters. The van der Waals surface area contributed by atoms with E-state index >= 15 is 0 Å². The standard InChI is InChI=1S/C24H27N3O2/c1-24(13-11-19-7-3-2-4-8-19)14-16-26(18-24)23(29)12-15-27-21-10-6-5-9-20(21)22(28)17-25-27/h2-10,17H,11-16,18H2,1H3/t24-/m1/s1. The number of aryl methyl sites for hydroxylation is 2. The summed E-state index contributed by atoms with van der Waals surface area (Å²) in [5, 5.41) is 4.87. The Morgan fingerprint density at radius 2 is 1.86 bits per heavy atom. The Morgan fingerprint density at radius 1 is 1.10 bits per heavy atom. The first-order chi connectivity index (χ1) is 14.0. The van der Waals surface area contributed by atoms with Gasteiger partial charge in [-0.2, -0.15) is 5.10 Å². The average Bonchev–Trinajstić information content (AvgIpc) is 3.15. The fourth-order valence-electron chi connectivity index (χ4n) is 4.23. The Kier molecular flexibility index (Phi) is 5.47. The fraction of sp³-hybridized carbons (Fsp3) is 0.375. The maximum atomic E-state index is 12.8. The third-order valence-electron chi connectivity index (χ3n) is 6.07. The molecule has 2 aromatic carbocycles. The zero-order valence-electron chi connectivity index (χ0n) is 16.9. The van der Waals surface area contributed by atoms with Gasteiger partial charge >= 0.3 is 0 Å². The Bertz CT molecular complexity index is 1060. The summed E-state index contributed by atoms with van der Waals surface area (Å²) in [6.45, 7) is 4.41. The summed E-state index contributed by atoms with van der Waals surface area (Å²) in [6, 6.07) is 18.0. The highest BCUT2D eigenvalue weighted by Gasteiger charge is 2.35. The molecule has 3 aromatic rings. The Morgan fingerprint density at radius 3 is 2.69 bits per heavy atom. The SMILES string of the molecule is C[C@@]1(CCc2ccccc2)CCN(C(=O)CCn2ncc(=O)c3ccccc32)C1. The van der Waals surface area contributed by atoms with Gasteiger partial charge in [0.1, 0.15) is 0 Å². The molecule has 1 aliphatic rings. The van der Waals surface area contributed by atoms with Crippen LogP contribution in [0.15, 0.2) is 65.6 Å². The molecule has 0 saturated carbocycles. The summed E-state index contributed by atoms with van der Waals surface area (Å²) in [5.74, 6) is 0.165. The quantitative estimate of drug-likeness (QED) is 0.647. The molecule has 5 nitrogen and oxygen atoms in total. The van der Waals surface area contributed by atoms with Gasteiger partial charge in [-0.1, -0.05) is 49.4 Å². The van der Waals surface area contributed by atoms with Crippen molar-refractivity contribution < 1.29 is 4.79 Å². The summed E-state index contributed by atoms with van der Waals surface area (Å²) in [5.41, 5.74) is 2.22. The number of hydrogen-bond donors (Lipinski definition) is 0. The summed E-state index contributed by atoms with van der Waals surface area (Å²) in [6.07, 6.45) is 4.92. The first-order valence-corrected chi connectivity index (χ1v) is 10.3. The Hall–Kier alpha value is -2.95. The van der Waals surface area contributed by atoms with E-state index in [-0.39, 0.29) is 16.8 Å². The van der Waals surface area contributed by atoms with Gasteiger partial charge in [-0.3, -0.25) is 14.3 Å². The molecule has 1 saturated heterocycles. The van der Waals surface area contributed by atoms with Gasteiger partial charge in [0.25, 0.3) is 0 Å². The number of amides is 1. The van der Waals surface area contributed by atoms with Crippen LogP contribution in [0.25, 0.3) is 10.9 Å². The van der Waals surface area contributed by atoms with Gasteiger partial charge in [0.05, 0.1) is 18.3 Å². The minimum Gasteiger partial charge on any atom is -0.342 e. The number of benzene rings is 2.